The first-order valence-electron chi connectivity index (χ1n) is 9.26. The van der Waals surface area contributed by atoms with Gasteiger partial charge in [-0.25, -0.2) is 9.79 Å². The molecule has 9 nitrogen and oxygen atoms in total. The summed E-state index contributed by atoms with van der Waals surface area (Å²) >= 11 is 1.13. The molecule has 1 saturated heterocycles. The number of aromatic carboxylic acids is 1. The second-order valence-corrected chi connectivity index (χ2v) is 7.74. The Morgan fingerprint density at radius 3 is 2.72 bits per heavy atom. The molecule has 0 saturated carbocycles. The average molecular weight is 449 g/mol. The molecule has 1 aliphatic heterocycles. The molecule has 0 unspecified atom stereocenters. The summed E-state index contributed by atoms with van der Waals surface area (Å²) in [5, 5.41) is 20.5. The molecular formula is C22H15N3O6S. The molecule has 160 valence electrons. The van der Waals surface area contributed by atoms with Crippen LogP contribution in [0.2, 0.25) is 0 Å². The van der Waals surface area contributed by atoms with Crippen LogP contribution in [0.25, 0.3) is 17.4 Å². The van der Waals surface area contributed by atoms with Crippen LogP contribution < -0.4 is 0 Å². The quantitative estimate of drug-likeness (QED) is 0.337. The Bertz CT molecular complexity index is 1310. The van der Waals surface area contributed by atoms with E-state index in [-0.39, 0.29) is 17.2 Å². The van der Waals surface area contributed by atoms with Crippen molar-refractivity contribution in [2.45, 2.75) is 0 Å². The van der Waals surface area contributed by atoms with Gasteiger partial charge in [-0.05, 0) is 42.1 Å². The Morgan fingerprint density at radius 2 is 1.97 bits per heavy atom. The topological polar surface area (TPSA) is 126 Å². The summed E-state index contributed by atoms with van der Waals surface area (Å²) < 4.78 is 5.76. The maximum atomic E-state index is 12.6. The average Bonchev–Trinajstić information content (AvgIpc) is 3.35. The predicted octanol–water partition coefficient (Wildman–Crippen LogP) is 4.79. The van der Waals surface area contributed by atoms with Gasteiger partial charge in [0.1, 0.15) is 11.5 Å². The van der Waals surface area contributed by atoms with Crippen LogP contribution in [0.4, 0.5) is 11.4 Å². The van der Waals surface area contributed by atoms with Crippen LogP contribution in [0.5, 0.6) is 0 Å². The number of carbonyl (C=O) groups is 2. The van der Waals surface area contributed by atoms with E-state index in [9.17, 15) is 19.7 Å². The van der Waals surface area contributed by atoms with Gasteiger partial charge >= 0.3 is 5.97 Å². The normalized spacial score (nSPS) is 16.2. The molecule has 0 aliphatic carbocycles. The fraction of sp³-hybridized carbons (Fsp3) is 0.0455. The molecule has 1 amide bonds. The zero-order chi connectivity index (χ0) is 22.8. The molecule has 32 heavy (non-hydrogen) atoms. The van der Waals surface area contributed by atoms with Crippen molar-refractivity contribution in [1.82, 2.24) is 4.90 Å². The number of furan rings is 1. The zero-order valence-corrected chi connectivity index (χ0v) is 17.4. The molecule has 0 atom stereocenters. The van der Waals surface area contributed by atoms with Crippen molar-refractivity contribution in [3.8, 4) is 11.3 Å². The lowest BCUT2D eigenvalue weighted by atomic mass is 10.1. The van der Waals surface area contributed by atoms with E-state index in [0.29, 0.717) is 32.8 Å². The predicted molar refractivity (Wildman–Crippen MR) is 120 cm³/mol. The van der Waals surface area contributed by atoms with Gasteiger partial charge in [-0.3, -0.25) is 19.8 Å². The van der Waals surface area contributed by atoms with Gasteiger partial charge in [0, 0.05) is 30.8 Å². The van der Waals surface area contributed by atoms with Gasteiger partial charge in [0.15, 0.2) is 5.17 Å². The van der Waals surface area contributed by atoms with E-state index < -0.39 is 10.9 Å². The number of hydrogen-bond donors (Lipinski definition) is 1. The number of rotatable bonds is 5. The van der Waals surface area contributed by atoms with Crippen molar-refractivity contribution in [3.63, 3.8) is 0 Å². The number of hydrogen-bond acceptors (Lipinski definition) is 7. The molecule has 1 fully saturated rings. The standard InChI is InChI=1S/C22H15N3O6S/c1-24-20(26)19(32-22(24)23-15-6-2-5-14(10-15)21(27)28)12-17-8-9-18(31-17)13-4-3-7-16(11-13)25(29)30/h2-12H,1H3,(H,27,28)/b19-12+,23-22?. The summed E-state index contributed by atoms with van der Waals surface area (Å²) in [5.41, 5.74) is 1.02. The summed E-state index contributed by atoms with van der Waals surface area (Å²) in [5.74, 6) is -0.501. The summed E-state index contributed by atoms with van der Waals surface area (Å²) in [6, 6.07) is 15.5. The molecular weight excluding hydrogens is 434 g/mol. The number of nitro benzene ring substituents is 1. The molecule has 10 heteroatoms. The number of carbonyl (C=O) groups excluding carboxylic acids is 1. The fourth-order valence-electron chi connectivity index (χ4n) is 2.96. The highest BCUT2D eigenvalue weighted by molar-refractivity contribution is 8.18. The number of nitro groups is 1. The number of carboxylic acids is 1. The number of non-ortho nitro benzene ring substituents is 1. The minimum Gasteiger partial charge on any atom is -0.478 e. The Morgan fingerprint density at radius 1 is 1.19 bits per heavy atom. The Hall–Kier alpha value is -4.18. The summed E-state index contributed by atoms with van der Waals surface area (Å²) in [6.45, 7) is 0. The van der Waals surface area contributed by atoms with E-state index in [1.54, 1.807) is 49.5 Å². The molecule has 1 aromatic heterocycles. The van der Waals surface area contributed by atoms with Gasteiger partial charge in [0.25, 0.3) is 11.6 Å². The second kappa shape index (κ2) is 8.52. The molecule has 1 aliphatic rings. The highest BCUT2D eigenvalue weighted by Crippen LogP contribution is 2.34. The van der Waals surface area contributed by atoms with Crippen LogP contribution in [0.3, 0.4) is 0 Å². The lowest BCUT2D eigenvalue weighted by Crippen LogP contribution is -2.23. The summed E-state index contributed by atoms with van der Waals surface area (Å²) in [4.78, 5) is 40.4. The number of amidine groups is 1. The minimum absolute atomic E-state index is 0.0465. The number of nitrogens with zero attached hydrogens (tertiary/aromatic N) is 3. The zero-order valence-electron chi connectivity index (χ0n) is 16.6. The highest BCUT2D eigenvalue weighted by atomic mass is 32.2. The van der Waals surface area contributed by atoms with E-state index in [4.69, 9.17) is 9.52 Å². The number of thioether (sulfide) groups is 1. The highest BCUT2D eigenvalue weighted by Gasteiger charge is 2.30. The van der Waals surface area contributed by atoms with Gasteiger partial charge in [0.05, 0.1) is 21.1 Å². The largest absolute Gasteiger partial charge is 0.478 e. The van der Waals surface area contributed by atoms with Crippen LogP contribution in [0.1, 0.15) is 16.1 Å². The van der Waals surface area contributed by atoms with Crippen LogP contribution >= 0.6 is 11.8 Å². The second-order valence-electron chi connectivity index (χ2n) is 6.73. The van der Waals surface area contributed by atoms with Crippen molar-refractivity contribution in [2.24, 2.45) is 4.99 Å². The van der Waals surface area contributed by atoms with Gasteiger partial charge in [-0.2, -0.15) is 0 Å². The molecule has 0 radical (unpaired) electrons. The molecule has 2 heterocycles. The number of aliphatic imine (C=N–C) groups is 1. The van der Waals surface area contributed by atoms with Gasteiger partial charge in [-0.15, -0.1) is 0 Å². The van der Waals surface area contributed by atoms with Crippen LogP contribution in [0.15, 0.2) is 75.0 Å². The lowest BCUT2D eigenvalue weighted by molar-refractivity contribution is -0.384. The molecule has 2 aromatic carbocycles. The van der Waals surface area contributed by atoms with Crippen molar-refractivity contribution in [3.05, 3.63) is 87.0 Å². The van der Waals surface area contributed by atoms with E-state index in [2.05, 4.69) is 4.99 Å². The summed E-state index contributed by atoms with van der Waals surface area (Å²) in [7, 11) is 1.58. The van der Waals surface area contributed by atoms with Crippen molar-refractivity contribution in [2.75, 3.05) is 7.05 Å². The molecule has 3 aromatic rings. The molecule has 0 spiro atoms. The van der Waals surface area contributed by atoms with Crippen LogP contribution in [-0.2, 0) is 4.79 Å². The van der Waals surface area contributed by atoms with E-state index in [0.717, 1.165) is 11.8 Å². The number of likely N-dealkylation sites (N-methyl/N-ethyl adjacent to an activating group) is 1. The SMILES string of the molecule is CN1C(=O)/C(=C\c2ccc(-c3cccc([N+](=O)[O-])c3)o2)SC1=Nc1cccc(C(=O)O)c1. The first-order chi connectivity index (χ1) is 15.3. The first-order valence-corrected chi connectivity index (χ1v) is 10.1. The maximum absolute atomic E-state index is 12.6. The van der Waals surface area contributed by atoms with Gasteiger partial charge in [0.2, 0.25) is 0 Å². The lowest BCUT2D eigenvalue weighted by Gasteiger charge is -2.07. The van der Waals surface area contributed by atoms with Crippen molar-refractivity contribution < 1.29 is 24.0 Å². The number of carboxylic acid groups (broad SMARTS) is 1. The minimum atomic E-state index is -1.06. The Balaban J connectivity index is 1.59. The Kier molecular flexibility index (Phi) is 5.61. The smallest absolute Gasteiger partial charge is 0.335 e. The maximum Gasteiger partial charge on any atom is 0.335 e. The molecule has 4 rings (SSSR count). The van der Waals surface area contributed by atoms with Crippen LogP contribution in [0, 0.1) is 10.1 Å². The van der Waals surface area contributed by atoms with E-state index in [1.807, 2.05) is 0 Å². The van der Waals surface area contributed by atoms with Gasteiger partial charge in [-0.1, -0.05) is 18.2 Å². The molecule has 1 N–H and O–H groups in total. The van der Waals surface area contributed by atoms with Gasteiger partial charge < -0.3 is 9.52 Å². The first kappa shape index (κ1) is 21.1. The third-order valence-corrected chi connectivity index (χ3v) is 5.62. The molecule has 0 bridgehead atoms. The number of amides is 1. The van der Waals surface area contributed by atoms with Crippen molar-refractivity contribution in [1.29, 1.82) is 0 Å². The summed E-state index contributed by atoms with van der Waals surface area (Å²) in [6.07, 6.45) is 1.57. The fourth-order valence-corrected chi connectivity index (χ4v) is 3.92. The van der Waals surface area contributed by atoms with Crippen LogP contribution in [-0.4, -0.2) is 39.0 Å². The third-order valence-electron chi connectivity index (χ3n) is 4.56. The van der Waals surface area contributed by atoms with Crippen molar-refractivity contribution >= 4 is 46.3 Å². The monoisotopic (exact) mass is 449 g/mol. The number of benzene rings is 2. The van der Waals surface area contributed by atoms with E-state index >= 15 is 0 Å². The Labute approximate surface area is 185 Å². The van der Waals surface area contributed by atoms with E-state index in [1.165, 1.54) is 29.2 Å². The third kappa shape index (κ3) is 4.30.